The number of hydrogen-bond donors (Lipinski definition) is 1. The molecule has 1 amide bonds. The lowest BCUT2D eigenvalue weighted by Crippen LogP contribution is -2.42. The largest absolute Gasteiger partial charge is 0.380 e. The Morgan fingerprint density at radius 1 is 1.35 bits per heavy atom. The molecule has 0 aromatic heterocycles. The van der Waals surface area contributed by atoms with E-state index in [0.717, 1.165) is 12.8 Å². The van der Waals surface area contributed by atoms with Crippen LogP contribution in [0.2, 0.25) is 0 Å². The molecular weight excluding hydrogens is 280 g/mol. The van der Waals surface area contributed by atoms with Crippen molar-refractivity contribution in [2.45, 2.75) is 23.8 Å². The normalized spacial score (nSPS) is 19.9. The summed E-state index contributed by atoms with van der Waals surface area (Å²) < 4.78 is 27.6. The lowest BCUT2D eigenvalue weighted by atomic mass is 10.1. The molecule has 0 radical (unpaired) electrons. The Labute approximate surface area is 118 Å². The van der Waals surface area contributed by atoms with Gasteiger partial charge >= 0.3 is 0 Å². The topological polar surface area (TPSA) is 89.7 Å². The number of carbonyl (C=O) groups excluding carboxylic acids is 1. The zero-order valence-corrected chi connectivity index (χ0v) is 12.1. The fourth-order valence-electron chi connectivity index (χ4n) is 2.28. The highest BCUT2D eigenvalue weighted by Gasteiger charge is 2.24. The van der Waals surface area contributed by atoms with Gasteiger partial charge in [0.05, 0.1) is 11.0 Å². The van der Waals surface area contributed by atoms with Crippen LogP contribution in [0.5, 0.6) is 0 Å². The molecule has 0 saturated carbocycles. The van der Waals surface area contributed by atoms with E-state index in [1.54, 1.807) is 12.0 Å². The van der Waals surface area contributed by atoms with Crippen LogP contribution in [0.3, 0.4) is 0 Å². The Morgan fingerprint density at radius 2 is 2.00 bits per heavy atom. The number of sulfonamides is 1. The van der Waals surface area contributed by atoms with Gasteiger partial charge < -0.3 is 9.64 Å². The molecule has 1 unspecified atom stereocenters. The Morgan fingerprint density at radius 3 is 2.55 bits per heavy atom. The molecule has 20 heavy (non-hydrogen) atoms. The number of primary sulfonamides is 1. The second-order valence-electron chi connectivity index (χ2n) is 4.82. The maximum absolute atomic E-state index is 12.3. The smallest absolute Gasteiger partial charge is 0.253 e. The number of rotatable bonds is 3. The minimum Gasteiger partial charge on any atom is -0.380 e. The number of ether oxygens (including phenoxy) is 1. The first-order chi connectivity index (χ1) is 9.41. The average molecular weight is 298 g/mol. The quantitative estimate of drug-likeness (QED) is 0.884. The summed E-state index contributed by atoms with van der Waals surface area (Å²) >= 11 is 0. The highest BCUT2D eigenvalue weighted by molar-refractivity contribution is 7.89. The third-order valence-corrected chi connectivity index (χ3v) is 4.36. The second kappa shape index (κ2) is 5.90. The van der Waals surface area contributed by atoms with Gasteiger partial charge in [0.2, 0.25) is 10.0 Å². The zero-order valence-electron chi connectivity index (χ0n) is 11.3. The number of carbonyl (C=O) groups is 1. The fraction of sp³-hybridized carbons (Fsp3) is 0.462. The highest BCUT2D eigenvalue weighted by Crippen LogP contribution is 2.16. The van der Waals surface area contributed by atoms with E-state index >= 15 is 0 Å². The van der Waals surface area contributed by atoms with Crippen molar-refractivity contribution >= 4 is 15.9 Å². The third-order valence-electron chi connectivity index (χ3n) is 3.43. The Balaban J connectivity index is 2.13. The molecule has 1 atom stereocenters. The van der Waals surface area contributed by atoms with E-state index in [2.05, 4.69) is 0 Å². The van der Waals surface area contributed by atoms with E-state index in [4.69, 9.17) is 9.88 Å². The summed E-state index contributed by atoms with van der Waals surface area (Å²) in [4.78, 5) is 14.0. The average Bonchev–Trinajstić information content (AvgIpc) is 2.46. The monoisotopic (exact) mass is 298 g/mol. The minimum absolute atomic E-state index is 0.00228. The number of likely N-dealkylation sites (tertiary alicyclic amines) is 1. The Hall–Kier alpha value is -1.44. The molecule has 1 aromatic rings. The zero-order chi connectivity index (χ0) is 14.8. The summed E-state index contributed by atoms with van der Waals surface area (Å²) in [7, 11) is -2.09. The highest BCUT2D eigenvalue weighted by atomic mass is 32.2. The van der Waals surface area contributed by atoms with Crippen LogP contribution in [0.25, 0.3) is 0 Å². The van der Waals surface area contributed by atoms with Gasteiger partial charge in [-0.2, -0.15) is 0 Å². The molecule has 0 aliphatic carbocycles. The van der Waals surface area contributed by atoms with Crippen LogP contribution in [-0.2, 0) is 14.8 Å². The number of amides is 1. The van der Waals surface area contributed by atoms with Gasteiger partial charge in [0.1, 0.15) is 0 Å². The van der Waals surface area contributed by atoms with Crippen molar-refractivity contribution in [3.63, 3.8) is 0 Å². The molecule has 1 aromatic carbocycles. The van der Waals surface area contributed by atoms with Crippen molar-refractivity contribution in [2.75, 3.05) is 20.2 Å². The van der Waals surface area contributed by atoms with E-state index in [-0.39, 0.29) is 16.9 Å². The molecule has 1 fully saturated rings. The summed E-state index contributed by atoms with van der Waals surface area (Å²) in [6, 6.07) is 5.66. The summed E-state index contributed by atoms with van der Waals surface area (Å²) in [6.07, 6.45) is 1.92. The van der Waals surface area contributed by atoms with Crippen LogP contribution >= 0.6 is 0 Å². The summed E-state index contributed by atoms with van der Waals surface area (Å²) in [5, 5.41) is 5.02. The number of methoxy groups -OCH3 is 1. The summed E-state index contributed by atoms with van der Waals surface area (Å²) in [6.45, 7) is 1.25. The van der Waals surface area contributed by atoms with Crippen LogP contribution in [0.4, 0.5) is 0 Å². The lowest BCUT2D eigenvalue weighted by Gasteiger charge is -2.32. The molecule has 110 valence electrons. The minimum atomic E-state index is -3.73. The van der Waals surface area contributed by atoms with Crippen LogP contribution < -0.4 is 5.14 Å². The van der Waals surface area contributed by atoms with Gasteiger partial charge in [-0.1, -0.05) is 0 Å². The summed E-state index contributed by atoms with van der Waals surface area (Å²) in [5.41, 5.74) is 0.453. The molecule has 1 aliphatic heterocycles. The number of piperidine rings is 1. The Bertz CT molecular complexity index is 583. The van der Waals surface area contributed by atoms with E-state index in [0.29, 0.717) is 18.7 Å². The molecule has 7 heteroatoms. The maximum Gasteiger partial charge on any atom is 0.253 e. The predicted octanol–water partition coefficient (Wildman–Crippen LogP) is 0.585. The molecule has 2 N–H and O–H groups in total. The predicted molar refractivity (Wildman–Crippen MR) is 73.7 cm³/mol. The number of nitrogens with two attached hydrogens (primary N) is 1. The summed E-state index contributed by atoms with van der Waals surface area (Å²) in [5.74, 6) is -0.118. The van der Waals surface area contributed by atoms with Crippen molar-refractivity contribution in [2.24, 2.45) is 5.14 Å². The third kappa shape index (κ3) is 3.36. The van der Waals surface area contributed by atoms with E-state index in [1.807, 2.05) is 0 Å². The second-order valence-corrected chi connectivity index (χ2v) is 6.38. The SMILES string of the molecule is COC1CCCN(C(=O)c2ccc(S(N)(=O)=O)cc2)C1. The van der Waals surface area contributed by atoms with Gasteiger partial charge in [0.25, 0.3) is 5.91 Å². The maximum atomic E-state index is 12.3. The van der Waals surface area contributed by atoms with Crippen molar-refractivity contribution in [1.29, 1.82) is 0 Å². The van der Waals surface area contributed by atoms with Gasteiger partial charge in [-0.05, 0) is 37.1 Å². The van der Waals surface area contributed by atoms with Crippen LogP contribution in [0, 0.1) is 0 Å². The van der Waals surface area contributed by atoms with Crippen LogP contribution in [0.1, 0.15) is 23.2 Å². The molecular formula is C13H18N2O4S. The first-order valence-electron chi connectivity index (χ1n) is 6.37. The molecule has 0 bridgehead atoms. The van der Waals surface area contributed by atoms with Crippen molar-refractivity contribution in [1.82, 2.24) is 4.90 Å². The van der Waals surface area contributed by atoms with E-state index in [1.165, 1.54) is 24.3 Å². The molecule has 6 nitrogen and oxygen atoms in total. The lowest BCUT2D eigenvalue weighted by molar-refractivity contribution is 0.0269. The van der Waals surface area contributed by atoms with Gasteiger partial charge in [0.15, 0.2) is 0 Å². The van der Waals surface area contributed by atoms with Crippen molar-refractivity contribution in [3.05, 3.63) is 29.8 Å². The number of benzene rings is 1. The molecule has 2 rings (SSSR count). The van der Waals surface area contributed by atoms with Gasteiger partial charge in [-0.3, -0.25) is 4.79 Å². The van der Waals surface area contributed by atoms with Crippen molar-refractivity contribution < 1.29 is 17.9 Å². The number of hydrogen-bond acceptors (Lipinski definition) is 4. The molecule has 1 heterocycles. The molecule has 1 aliphatic rings. The van der Waals surface area contributed by atoms with E-state index in [9.17, 15) is 13.2 Å². The Kier molecular flexibility index (Phi) is 4.42. The van der Waals surface area contributed by atoms with Crippen molar-refractivity contribution in [3.8, 4) is 0 Å². The van der Waals surface area contributed by atoms with Gasteiger partial charge in [-0.15, -0.1) is 0 Å². The fourth-order valence-corrected chi connectivity index (χ4v) is 2.80. The standard InChI is InChI=1S/C13H18N2O4S/c1-19-11-3-2-8-15(9-11)13(16)10-4-6-12(7-5-10)20(14,17)18/h4-7,11H,2-3,8-9H2,1H3,(H2,14,17,18). The van der Waals surface area contributed by atoms with E-state index < -0.39 is 10.0 Å². The first-order valence-corrected chi connectivity index (χ1v) is 7.91. The van der Waals surface area contributed by atoms with Gasteiger partial charge in [-0.25, -0.2) is 13.6 Å². The number of nitrogens with zero attached hydrogens (tertiary/aromatic N) is 1. The van der Waals surface area contributed by atoms with Gasteiger partial charge in [0, 0.05) is 25.8 Å². The van der Waals surface area contributed by atoms with Crippen LogP contribution in [-0.4, -0.2) is 45.5 Å². The first kappa shape index (κ1) is 15.0. The van der Waals surface area contributed by atoms with Crippen LogP contribution in [0.15, 0.2) is 29.2 Å². The molecule has 1 saturated heterocycles. The molecule has 0 spiro atoms.